The summed E-state index contributed by atoms with van der Waals surface area (Å²) in [7, 11) is 0. The number of anilines is 2. The first-order valence-corrected chi connectivity index (χ1v) is 6.98. The number of amides is 1. The van der Waals surface area contributed by atoms with Crippen molar-refractivity contribution < 1.29 is 9.72 Å². The van der Waals surface area contributed by atoms with E-state index in [0.717, 1.165) is 19.4 Å². The Balaban J connectivity index is 2.76. The maximum atomic E-state index is 11.5. The van der Waals surface area contributed by atoms with Crippen LogP contribution in [-0.2, 0) is 4.79 Å². The van der Waals surface area contributed by atoms with E-state index in [4.69, 9.17) is 0 Å². The molecule has 0 fully saturated rings. The maximum absolute atomic E-state index is 11.5. The number of nitrogens with zero attached hydrogens (tertiary/aromatic N) is 2. The first kappa shape index (κ1) is 16.7. The molecule has 0 spiro atoms. The summed E-state index contributed by atoms with van der Waals surface area (Å²) in [5.41, 5.74) is -0.152. The molecule has 21 heavy (non-hydrogen) atoms. The third-order valence-electron chi connectivity index (χ3n) is 2.62. The molecule has 0 radical (unpaired) electrons. The van der Waals surface area contributed by atoms with Crippen LogP contribution in [0, 0.1) is 10.1 Å². The molecule has 1 heterocycles. The van der Waals surface area contributed by atoms with Crippen molar-refractivity contribution in [3.05, 3.63) is 22.2 Å². The Morgan fingerprint density at radius 3 is 2.57 bits per heavy atom. The fourth-order valence-electron chi connectivity index (χ4n) is 1.57. The average Bonchev–Trinajstić information content (AvgIpc) is 2.48. The predicted octanol–water partition coefficient (Wildman–Crippen LogP) is 1.75. The molecule has 0 unspecified atom stereocenters. The number of hydrogen-bond donors (Lipinski definition) is 3. The lowest BCUT2D eigenvalue weighted by Gasteiger charge is -2.09. The number of carbonyl (C=O) groups is 1. The third kappa shape index (κ3) is 5.64. The lowest BCUT2D eigenvalue weighted by molar-refractivity contribution is -0.384. The number of carbonyl (C=O) groups excluding carboxylic acids is 1. The van der Waals surface area contributed by atoms with E-state index >= 15 is 0 Å². The summed E-state index contributed by atoms with van der Waals surface area (Å²) in [6.07, 6.45) is 1.75. The Morgan fingerprint density at radius 1 is 1.24 bits per heavy atom. The Bertz CT molecular complexity index is 493. The molecule has 1 aromatic heterocycles. The molecule has 0 aliphatic rings. The molecule has 0 saturated carbocycles. The highest BCUT2D eigenvalue weighted by molar-refractivity contribution is 5.81. The van der Waals surface area contributed by atoms with E-state index in [9.17, 15) is 14.9 Å². The van der Waals surface area contributed by atoms with E-state index in [1.165, 1.54) is 6.07 Å². The summed E-state index contributed by atoms with van der Waals surface area (Å²) >= 11 is 0. The Hall–Kier alpha value is -2.38. The summed E-state index contributed by atoms with van der Waals surface area (Å²) in [4.78, 5) is 26.1. The van der Waals surface area contributed by atoms with Crippen molar-refractivity contribution in [2.24, 2.45) is 0 Å². The van der Waals surface area contributed by atoms with Crippen LogP contribution in [0.3, 0.4) is 0 Å². The van der Waals surface area contributed by atoms with Crippen LogP contribution in [0.5, 0.6) is 0 Å². The minimum absolute atomic E-state index is 0.0505. The number of nitrogens with one attached hydrogen (secondary N) is 3. The topological polar surface area (TPSA) is 109 Å². The number of aromatic nitrogens is 1. The van der Waals surface area contributed by atoms with Gasteiger partial charge in [-0.05, 0) is 18.9 Å². The summed E-state index contributed by atoms with van der Waals surface area (Å²) in [5.74, 6) is 0.409. The molecular formula is C13H21N5O3. The molecule has 0 atom stereocenters. The van der Waals surface area contributed by atoms with Gasteiger partial charge in [-0.1, -0.05) is 13.8 Å². The molecule has 3 N–H and O–H groups in total. The van der Waals surface area contributed by atoms with E-state index in [-0.39, 0.29) is 24.0 Å². The van der Waals surface area contributed by atoms with Crippen LogP contribution in [0.4, 0.5) is 17.3 Å². The molecular weight excluding hydrogens is 274 g/mol. The second kappa shape index (κ2) is 8.72. The Morgan fingerprint density at radius 2 is 1.95 bits per heavy atom. The molecule has 8 nitrogen and oxygen atoms in total. The second-order valence-electron chi connectivity index (χ2n) is 4.45. The number of hydrogen-bond acceptors (Lipinski definition) is 6. The lowest BCUT2D eigenvalue weighted by atomic mass is 10.3. The van der Waals surface area contributed by atoms with Gasteiger partial charge in [0, 0.05) is 19.2 Å². The van der Waals surface area contributed by atoms with Crippen LogP contribution in [0.1, 0.15) is 26.7 Å². The van der Waals surface area contributed by atoms with Gasteiger partial charge in [0.2, 0.25) is 11.7 Å². The normalized spacial score (nSPS) is 10.0. The molecule has 116 valence electrons. The van der Waals surface area contributed by atoms with Gasteiger partial charge in [-0.2, -0.15) is 0 Å². The highest BCUT2D eigenvalue weighted by atomic mass is 16.6. The highest BCUT2D eigenvalue weighted by Gasteiger charge is 2.16. The van der Waals surface area contributed by atoms with Crippen molar-refractivity contribution in [3.8, 4) is 0 Å². The second-order valence-corrected chi connectivity index (χ2v) is 4.45. The van der Waals surface area contributed by atoms with Gasteiger partial charge in [-0.25, -0.2) is 4.98 Å². The maximum Gasteiger partial charge on any atom is 0.311 e. The zero-order valence-electron chi connectivity index (χ0n) is 12.3. The van der Waals surface area contributed by atoms with Gasteiger partial charge in [-0.3, -0.25) is 14.9 Å². The zero-order valence-corrected chi connectivity index (χ0v) is 12.3. The first-order valence-electron chi connectivity index (χ1n) is 6.98. The zero-order chi connectivity index (χ0) is 15.7. The number of nitro groups is 1. The molecule has 0 bridgehead atoms. The Labute approximate surface area is 123 Å². The van der Waals surface area contributed by atoms with Crippen LogP contribution in [0.2, 0.25) is 0 Å². The smallest absolute Gasteiger partial charge is 0.311 e. The third-order valence-corrected chi connectivity index (χ3v) is 2.62. The molecule has 0 aliphatic carbocycles. The largest absolute Gasteiger partial charge is 0.370 e. The summed E-state index contributed by atoms with van der Waals surface area (Å²) < 4.78 is 0. The number of rotatable bonds is 9. The van der Waals surface area contributed by atoms with E-state index in [1.807, 2.05) is 13.8 Å². The summed E-state index contributed by atoms with van der Waals surface area (Å²) in [6, 6.07) is 2.92. The van der Waals surface area contributed by atoms with Gasteiger partial charge in [0.25, 0.3) is 0 Å². The molecule has 1 aromatic rings. The van der Waals surface area contributed by atoms with Crippen molar-refractivity contribution in [1.82, 2.24) is 10.3 Å². The van der Waals surface area contributed by atoms with Crippen LogP contribution < -0.4 is 16.0 Å². The summed E-state index contributed by atoms with van der Waals surface area (Å²) in [5, 5.41) is 19.4. The molecule has 0 aliphatic heterocycles. The van der Waals surface area contributed by atoms with Gasteiger partial charge in [-0.15, -0.1) is 0 Å². The quantitative estimate of drug-likeness (QED) is 0.473. The monoisotopic (exact) mass is 295 g/mol. The average molecular weight is 295 g/mol. The first-order chi connectivity index (χ1) is 10.1. The predicted molar refractivity (Wildman–Crippen MR) is 81.5 cm³/mol. The van der Waals surface area contributed by atoms with Crippen LogP contribution in [-0.4, -0.2) is 35.4 Å². The molecule has 0 saturated heterocycles. The van der Waals surface area contributed by atoms with Crippen LogP contribution in [0.15, 0.2) is 12.1 Å². The fraction of sp³-hybridized carbons (Fsp3) is 0.538. The molecule has 1 rings (SSSR count). The SMILES string of the molecule is CCCNC(=O)CNc1nc(NCCC)ccc1[N+](=O)[O-]. The van der Waals surface area contributed by atoms with Gasteiger partial charge in [0.05, 0.1) is 11.5 Å². The Kier molecular flexibility index (Phi) is 6.93. The van der Waals surface area contributed by atoms with E-state index in [0.29, 0.717) is 12.4 Å². The standard InChI is InChI=1S/C13H21N5O3/c1-3-7-14-11-6-5-10(18(20)21)13(17-11)16-9-12(19)15-8-4-2/h5-6H,3-4,7-9H2,1-2H3,(H,15,19)(H2,14,16,17). The molecule has 0 aromatic carbocycles. The van der Waals surface area contributed by atoms with Crippen molar-refractivity contribution in [2.75, 3.05) is 30.3 Å². The lowest BCUT2D eigenvalue weighted by Crippen LogP contribution is -2.30. The van der Waals surface area contributed by atoms with Gasteiger partial charge in [0.1, 0.15) is 5.82 Å². The van der Waals surface area contributed by atoms with Gasteiger partial charge < -0.3 is 16.0 Å². The minimum Gasteiger partial charge on any atom is -0.370 e. The van der Waals surface area contributed by atoms with Crippen LogP contribution >= 0.6 is 0 Å². The van der Waals surface area contributed by atoms with E-state index < -0.39 is 4.92 Å². The van der Waals surface area contributed by atoms with Crippen molar-refractivity contribution >= 4 is 23.2 Å². The minimum atomic E-state index is -0.525. The van der Waals surface area contributed by atoms with E-state index in [1.54, 1.807) is 6.07 Å². The molecule has 8 heteroatoms. The fourth-order valence-corrected chi connectivity index (χ4v) is 1.57. The van der Waals surface area contributed by atoms with Crippen molar-refractivity contribution in [3.63, 3.8) is 0 Å². The van der Waals surface area contributed by atoms with Crippen molar-refractivity contribution in [1.29, 1.82) is 0 Å². The number of pyridine rings is 1. The summed E-state index contributed by atoms with van der Waals surface area (Å²) in [6.45, 7) is 5.21. The van der Waals surface area contributed by atoms with Crippen molar-refractivity contribution in [2.45, 2.75) is 26.7 Å². The van der Waals surface area contributed by atoms with Gasteiger partial charge in [0.15, 0.2) is 0 Å². The van der Waals surface area contributed by atoms with Gasteiger partial charge >= 0.3 is 5.69 Å². The highest BCUT2D eigenvalue weighted by Crippen LogP contribution is 2.23. The molecule has 1 amide bonds. The van der Waals surface area contributed by atoms with Crippen LogP contribution in [0.25, 0.3) is 0 Å². The van der Waals surface area contributed by atoms with E-state index in [2.05, 4.69) is 20.9 Å².